The van der Waals surface area contributed by atoms with Gasteiger partial charge >= 0.3 is 5.97 Å². The number of carbonyl (C=O) groups is 1. The van der Waals surface area contributed by atoms with Crippen molar-refractivity contribution in [2.45, 2.75) is 32.7 Å². The molecule has 1 aromatic carbocycles. The summed E-state index contributed by atoms with van der Waals surface area (Å²) in [7, 11) is 1.61. The van der Waals surface area contributed by atoms with E-state index in [1.165, 1.54) is 0 Å². The number of methoxy groups -OCH3 is 1. The molecule has 0 aliphatic carbocycles. The van der Waals surface area contributed by atoms with Gasteiger partial charge < -0.3 is 15.6 Å². The van der Waals surface area contributed by atoms with E-state index in [0.29, 0.717) is 6.42 Å². The lowest BCUT2D eigenvalue weighted by atomic mass is 9.75. The van der Waals surface area contributed by atoms with Gasteiger partial charge in [-0.15, -0.1) is 0 Å². The summed E-state index contributed by atoms with van der Waals surface area (Å²) in [5.74, 6) is -0.0561. The summed E-state index contributed by atoms with van der Waals surface area (Å²) >= 11 is 0. The van der Waals surface area contributed by atoms with Gasteiger partial charge in [0.15, 0.2) is 0 Å². The van der Waals surface area contributed by atoms with Crippen LogP contribution >= 0.6 is 0 Å². The third-order valence-electron chi connectivity index (χ3n) is 3.44. The molecule has 0 aromatic heterocycles. The second-order valence-electron chi connectivity index (χ2n) is 5.00. The second-order valence-corrected chi connectivity index (χ2v) is 5.00. The largest absolute Gasteiger partial charge is 0.496 e. The van der Waals surface area contributed by atoms with E-state index in [0.717, 1.165) is 11.3 Å². The van der Waals surface area contributed by atoms with E-state index in [1.807, 2.05) is 38.1 Å². The van der Waals surface area contributed by atoms with Gasteiger partial charge in [0, 0.05) is 6.04 Å². The van der Waals surface area contributed by atoms with Gasteiger partial charge in [0.25, 0.3) is 0 Å². The summed E-state index contributed by atoms with van der Waals surface area (Å²) in [5.41, 5.74) is 6.46. The first kappa shape index (κ1) is 14.5. The summed E-state index contributed by atoms with van der Waals surface area (Å²) < 4.78 is 5.29. The molecule has 1 rings (SSSR count). The lowest BCUT2D eigenvalue weighted by Gasteiger charge is -2.32. The standard InChI is InChI=1S/C14H21NO3/c1-10(15)14(2,9-13(16)17)8-11-6-4-5-7-12(11)18-3/h4-7,10H,8-9,15H2,1-3H3,(H,16,17). The van der Waals surface area contributed by atoms with Crippen LogP contribution in [0.1, 0.15) is 25.8 Å². The molecule has 2 unspecified atom stereocenters. The molecule has 2 atom stereocenters. The highest BCUT2D eigenvalue weighted by molar-refractivity contribution is 5.68. The summed E-state index contributed by atoms with van der Waals surface area (Å²) in [6.45, 7) is 3.75. The SMILES string of the molecule is COc1ccccc1CC(C)(CC(=O)O)C(C)N. The van der Waals surface area contributed by atoms with Crippen molar-refractivity contribution in [1.82, 2.24) is 0 Å². The Morgan fingerprint density at radius 3 is 2.61 bits per heavy atom. The third kappa shape index (κ3) is 3.47. The molecule has 0 amide bonds. The zero-order chi connectivity index (χ0) is 13.8. The Labute approximate surface area is 108 Å². The van der Waals surface area contributed by atoms with Crippen molar-refractivity contribution in [3.63, 3.8) is 0 Å². The maximum absolute atomic E-state index is 11.0. The number of carboxylic acid groups (broad SMARTS) is 1. The molecule has 4 nitrogen and oxygen atoms in total. The highest BCUT2D eigenvalue weighted by Gasteiger charge is 2.32. The van der Waals surface area contributed by atoms with Crippen molar-refractivity contribution >= 4 is 5.97 Å². The molecule has 0 radical (unpaired) electrons. The van der Waals surface area contributed by atoms with Gasteiger partial charge in [-0.05, 0) is 30.4 Å². The van der Waals surface area contributed by atoms with E-state index in [-0.39, 0.29) is 12.5 Å². The molecule has 18 heavy (non-hydrogen) atoms. The lowest BCUT2D eigenvalue weighted by Crippen LogP contribution is -2.40. The van der Waals surface area contributed by atoms with Gasteiger partial charge in [-0.1, -0.05) is 25.1 Å². The first-order chi connectivity index (χ1) is 8.39. The number of para-hydroxylation sites is 1. The minimum absolute atomic E-state index is 0.0444. The van der Waals surface area contributed by atoms with Crippen molar-refractivity contribution in [2.75, 3.05) is 7.11 Å². The van der Waals surface area contributed by atoms with Crippen molar-refractivity contribution < 1.29 is 14.6 Å². The van der Waals surface area contributed by atoms with Gasteiger partial charge in [0.05, 0.1) is 13.5 Å². The van der Waals surface area contributed by atoms with Crippen LogP contribution in [-0.4, -0.2) is 24.2 Å². The Bertz CT molecular complexity index is 417. The van der Waals surface area contributed by atoms with Crippen LogP contribution in [0.25, 0.3) is 0 Å². The van der Waals surface area contributed by atoms with Gasteiger partial charge in [0.2, 0.25) is 0 Å². The average Bonchev–Trinajstić information content (AvgIpc) is 2.28. The molecule has 0 spiro atoms. The quantitative estimate of drug-likeness (QED) is 0.811. The number of hydrogen-bond donors (Lipinski definition) is 2. The number of ether oxygens (including phenoxy) is 1. The zero-order valence-corrected chi connectivity index (χ0v) is 11.1. The van der Waals surface area contributed by atoms with Gasteiger partial charge in [0.1, 0.15) is 5.75 Å². The molecule has 0 bridgehead atoms. The fourth-order valence-corrected chi connectivity index (χ4v) is 2.01. The van der Waals surface area contributed by atoms with E-state index in [2.05, 4.69) is 0 Å². The molecule has 3 N–H and O–H groups in total. The van der Waals surface area contributed by atoms with Crippen LogP contribution in [0.2, 0.25) is 0 Å². The summed E-state index contributed by atoms with van der Waals surface area (Å²) in [6, 6.07) is 7.42. The van der Waals surface area contributed by atoms with Gasteiger partial charge in [-0.2, -0.15) is 0 Å². The van der Waals surface area contributed by atoms with E-state index in [1.54, 1.807) is 7.11 Å². The highest BCUT2D eigenvalue weighted by atomic mass is 16.5. The van der Waals surface area contributed by atoms with Crippen molar-refractivity contribution in [3.05, 3.63) is 29.8 Å². The summed E-state index contributed by atoms with van der Waals surface area (Å²) in [4.78, 5) is 11.0. The van der Waals surface area contributed by atoms with Crippen molar-refractivity contribution in [1.29, 1.82) is 0 Å². The molecule has 0 aliphatic rings. The minimum atomic E-state index is -0.829. The monoisotopic (exact) mass is 251 g/mol. The summed E-state index contributed by atoms with van der Waals surface area (Å²) in [6.07, 6.45) is 0.629. The smallest absolute Gasteiger partial charge is 0.303 e. The molecule has 0 heterocycles. The summed E-state index contributed by atoms with van der Waals surface area (Å²) in [5, 5.41) is 9.02. The number of carboxylic acids is 1. The number of hydrogen-bond acceptors (Lipinski definition) is 3. The van der Waals surface area contributed by atoms with Crippen LogP contribution in [0.15, 0.2) is 24.3 Å². The number of benzene rings is 1. The fourth-order valence-electron chi connectivity index (χ4n) is 2.01. The van der Waals surface area contributed by atoms with Crippen molar-refractivity contribution in [2.24, 2.45) is 11.1 Å². The van der Waals surface area contributed by atoms with Crippen LogP contribution in [0.5, 0.6) is 5.75 Å². The molecule has 0 saturated heterocycles. The first-order valence-electron chi connectivity index (χ1n) is 5.98. The minimum Gasteiger partial charge on any atom is -0.496 e. The Hall–Kier alpha value is -1.55. The average molecular weight is 251 g/mol. The fraction of sp³-hybridized carbons (Fsp3) is 0.500. The number of rotatable bonds is 6. The Balaban J connectivity index is 2.99. The lowest BCUT2D eigenvalue weighted by molar-refractivity contribution is -0.139. The second kappa shape index (κ2) is 5.87. The highest BCUT2D eigenvalue weighted by Crippen LogP contribution is 2.33. The molecule has 1 aromatic rings. The predicted molar refractivity (Wildman–Crippen MR) is 70.7 cm³/mol. The van der Waals surface area contributed by atoms with Crippen LogP contribution in [0, 0.1) is 5.41 Å². The molecular formula is C14H21NO3. The van der Waals surface area contributed by atoms with Crippen LogP contribution in [-0.2, 0) is 11.2 Å². The van der Waals surface area contributed by atoms with Gasteiger partial charge in [-0.25, -0.2) is 0 Å². The van der Waals surface area contributed by atoms with Crippen LogP contribution < -0.4 is 10.5 Å². The maximum Gasteiger partial charge on any atom is 0.303 e. The predicted octanol–water partition coefficient (Wildman–Crippen LogP) is 2.07. The molecule has 100 valence electrons. The molecular weight excluding hydrogens is 230 g/mol. The zero-order valence-electron chi connectivity index (χ0n) is 11.1. The Morgan fingerprint density at radius 1 is 1.50 bits per heavy atom. The molecule has 0 saturated carbocycles. The van der Waals surface area contributed by atoms with E-state index >= 15 is 0 Å². The number of aliphatic carboxylic acids is 1. The molecule has 4 heteroatoms. The Morgan fingerprint density at radius 2 is 2.11 bits per heavy atom. The normalized spacial score (nSPS) is 15.8. The molecule has 0 fully saturated rings. The Kier molecular flexibility index (Phi) is 4.73. The number of nitrogens with two attached hydrogens (primary N) is 1. The van der Waals surface area contributed by atoms with Crippen molar-refractivity contribution in [3.8, 4) is 5.75 Å². The molecule has 0 aliphatic heterocycles. The van der Waals surface area contributed by atoms with E-state index < -0.39 is 11.4 Å². The van der Waals surface area contributed by atoms with Crippen LogP contribution in [0.3, 0.4) is 0 Å². The maximum atomic E-state index is 11.0. The van der Waals surface area contributed by atoms with Crippen LogP contribution in [0.4, 0.5) is 0 Å². The van der Waals surface area contributed by atoms with Gasteiger partial charge in [-0.3, -0.25) is 4.79 Å². The van der Waals surface area contributed by atoms with E-state index in [4.69, 9.17) is 15.6 Å². The first-order valence-corrected chi connectivity index (χ1v) is 5.98. The topological polar surface area (TPSA) is 72.5 Å². The van der Waals surface area contributed by atoms with E-state index in [9.17, 15) is 4.79 Å². The third-order valence-corrected chi connectivity index (χ3v) is 3.44.